The Labute approximate surface area is 198 Å². The summed E-state index contributed by atoms with van der Waals surface area (Å²) in [6.07, 6.45) is 1.62. The molecule has 174 valence electrons. The molecular weight excluding hydrogens is 442 g/mol. The lowest BCUT2D eigenvalue weighted by atomic mass is 9.93. The van der Waals surface area contributed by atoms with Gasteiger partial charge in [0.2, 0.25) is 0 Å². The van der Waals surface area contributed by atoms with Crippen LogP contribution < -0.4 is 4.74 Å². The number of halogens is 1. The van der Waals surface area contributed by atoms with Crippen LogP contribution in [0.2, 0.25) is 5.02 Å². The summed E-state index contributed by atoms with van der Waals surface area (Å²) in [5, 5.41) is 11.5. The fraction of sp³-hybridized carbons (Fsp3) is 0.385. The number of Topliss-reactive ketones (excluding diaryl/α,β-unsaturated/α-hetero) is 1. The van der Waals surface area contributed by atoms with Crippen molar-refractivity contribution in [2.24, 2.45) is 0 Å². The second kappa shape index (κ2) is 9.57. The maximum absolute atomic E-state index is 13.2. The number of carbonyl (C=O) groups is 2. The van der Waals surface area contributed by atoms with Gasteiger partial charge in [-0.05, 0) is 48.1 Å². The smallest absolute Gasteiger partial charge is 0.295 e. The van der Waals surface area contributed by atoms with E-state index in [2.05, 4.69) is 13.8 Å². The number of benzene rings is 2. The van der Waals surface area contributed by atoms with Crippen LogP contribution in [-0.2, 0) is 14.3 Å². The number of aliphatic hydroxyl groups is 1. The van der Waals surface area contributed by atoms with Crippen molar-refractivity contribution in [1.29, 1.82) is 0 Å². The molecule has 2 unspecified atom stereocenters. The van der Waals surface area contributed by atoms with Crippen molar-refractivity contribution in [2.75, 3.05) is 20.3 Å². The number of rotatable bonds is 6. The highest BCUT2D eigenvalue weighted by atomic mass is 35.5. The van der Waals surface area contributed by atoms with Crippen LogP contribution in [0, 0.1) is 0 Å². The number of amides is 1. The zero-order chi connectivity index (χ0) is 23.7. The Kier molecular flexibility index (Phi) is 6.77. The third kappa shape index (κ3) is 4.50. The lowest BCUT2D eigenvalue weighted by Gasteiger charge is -2.27. The van der Waals surface area contributed by atoms with Gasteiger partial charge in [0.1, 0.15) is 11.5 Å². The summed E-state index contributed by atoms with van der Waals surface area (Å²) in [6.45, 7) is 5.14. The van der Waals surface area contributed by atoms with Crippen LogP contribution >= 0.6 is 11.6 Å². The molecule has 7 heteroatoms. The van der Waals surface area contributed by atoms with Gasteiger partial charge in [0, 0.05) is 18.7 Å². The summed E-state index contributed by atoms with van der Waals surface area (Å²) in [5.41, 5.74) is 2.31. The predicted octanol–water partition coefficient (Wildman–Crippen LogP) is 5.07. The Morgan fingerprint density at radius 2 is 1.94 bits per heavy atom. The molecule has 0 aromatic heterocycles. The van der Waals surface area contributed by atoms with Crippen molar-refractivity contribution in [3.05, 3.63) is 69.8 Å². The van der Waals surface area contributed by atoms with Crippen LogP contribution in [0.3, 0.4) is 0 Å². The molecule has 2 aliphatic rings. The van der Waals surface area contributed by atoms with Gasteiger partial charge in [0.05, 0.1) is 29.9 Å². The number of likely N-dealkylation sites (tertiary alicyclic amines) is 1. The van der Waals surface area contributed by atoms with Crippen LogP contribution in [0.25, 0.3) is 5.76 Å². The molecular formula is C26H28ClNO5. The van der Waals surface area contributed by atoms with Gasteiger partial charge in [-0.15, -0.1) is 0 Å². The van der Waals surface area contributed by atoms with Gasteiger partial charge < -0.3 is 19.5 Å². The van der Waals surface area contributed by atoms with Gasteiger partial charge in [0.25, 0.3) is 11.7 Å². The number of nitrogens with zero attached hydrogens (tertiary/aromatic N) is 1. The Hall–Kier alpha value is -2.83. The average molecular weight is 470 g/mol. The lowest BCUT2D eigenvalue weighted by molar-refractivity contribution is -0.140. The quantitative estimate of drug-likeness (QED) is 0.363. The summed E-state index contributed by atoms with van der Waals surface area (Å²) in [7, 11) is 1.50. The van der Waals surface area contributed by atoms with Crippen LogP contribution in [0.4, 0.5) is 0 Å². The fourth-order valence-electron chi connectivity index (χ4n) is 4.45. The Morgan fingerprint density at radius 3 is 2.52 bits per heavy atom. The zero-order valence-corrected chi connectivity index (χ0v) is 19.8. The largest absolute Gasteiger partial charge is 0.507 e. The molecule has 2 saturated heterocycles. The van der Waals surface area contributed by atoms with Crippen LogP contribution in [0.1, 0.15) is 55.3 Å². The number of ether oxygens (including phenoxy) is 2. The van der Waals surface area contributed by atoms with Crippen molar-refractivity contribution in [2.45, 2.75) is 44.8 Å². The topological polar surface area (TPSA) is 76.1 Å². The van der Waals surface area contributed by atoms with Gasteiger partial charge in [-0.3, -0.25) is 9.59 Å². The molecule has 6 nitrogen and oxygen atoms in total. The van der Waals surface area contributed by atoms with Gasteiger partial charge in [-0.25, -0.2) is 0 Å². The van der Waals surface area contributed by atoms with Gasteiger partial charge in [-0.2, -0.15) is 0 Å². The van der Waals surface area contributed by atoms with Crippen molar-refractivity contribution < 1.29 is 24.2 Å². The minimum atomic E-state index is -0.713. The molecule has 0 spiro atoms. The number of carbonyl (C=O) groups excluding carboxylic acids is 2. The maximum Gasteiger partial charge on any atom is 0.295 e. The SMILES string of the molecule is COc1ccc(/C(O)=C2/C(=O)C(=O)N(CC3CCCO3)C2c2ccc(C(C)C)cc2)cc1Cl. The molecule has 1 amide bonds. The summed E-state index contributed by atoms with van der Waals surface area (Å²) in [5.74, 6) is -0.808. The van der Waals surface area contributed by atoms with Crippen LogP contribution in [0.5, 0.6) is 5.75 Å². The first kappa shape index (κ1) is 23.3. The van der Waals surface area contributed by atoms with E-state index in [-0.39, 0.29) is 17.4 Å². The Bertz CT molecular complexity index is 1090. The Balaban J connectivity index is 1.81. The standard InChI is InChI=1S/C26H28ClNO5/c1-15(2)16-6-8-17(9-7-16)23-22(24(29)18-10-11-21(32-3)20(27)13-18)25(30)26(31)28(23)14-19-5-4-12-33-19/h6-11,13,15,19,23,29H,4-5,12,14H2,1-3H3/b24-22-. The molecule has 2 fully saturated rings. The molecule has 0 saturated carbocycles. The van der Waals surface area contributed by atoms with E-state index in [0.717, 1.165) is 24.0 Å². The van der Waals surface area contributed by atoms with E-state index in [1.807, 2.05) is 24.3 Å². The van der Waals surface area contributed by atoms with E-state index < -0.39 is 17.7 Å². The van der Waals surface area contributed by atoms with Gasteiger partial charge in [0.15, 0.2) is 0 Å². The van der Waals surface area contributed by atoms with E-state index in [1.165, 1.54) is 18.1 Å². The second-order valence-electron chi connectivity index (χ2n) is 8.76. The van der Waals surface area contributed by atoms with Crippen molar-refractivity contribution in [1.82, 2.24) is 4.90 Å². The zero-order valence-electron chi connectivity index (χ0n) is 19.0. The van der Waals surface area contributed by atoms with Crippen LogP contribution in [0.15, 0.2) is 48.0 Å². The third-order valence-electron chi connectivity index (χ3n) is 6.31. The molecule has 0 radical (unpaired) electrons. The van der Waals surface area contributed by atoms with Gasteiger partial charge >= 0.3 is 0 Å². The van der Waals surface area contributed by atoms with E-state index >= 15 is 0 Å². The highest BCUT2D eigenvalue weighted by Crippen LogP contribution is 2.41. The van der Waals surface area contributed by atoms with E-state index in [1.54, 1.807) is 12.1 Å². The summed E-state index contributed by atoms with van der Waals surface area (Å²) < 4.78 is 10.9. The minimum absolute atomic E-state index is 0.0523. The molecule has 0 bridgehead atoms. The molecule has 4 rings (SSSR count). The molecule has 0 aliphatic carbocycles. The van der Waals surface area contributed by atoms with Crippen molar-refractivity contribution in [3.8, 4) is 5.75 Å². The maximum atomic E-state index is 13.2. The van der Waals surface area contributed by atoms with E-state index in [9.17, 15) is 14.7 Å². The minimum Gasteiger partial charge on any atom is -0.507 e. The molecule has 2 aromatic rings. The summed E-state index contributed by atoms with van der Waals surface area (Å²) in [6, 6.07) is 11.9. The third-order valence-corrected chi connectivity index (χ3v) is 6.60. The first-order chi connectivity index (χ1) is 15.8. The summed E-state index contributed by atoms with van der Waals surface area (Å²) in [4.78, 5) is 27.8. The average Bonchev–Trinajstić information content (AvgIpc) is 3.41. The molecule has 2 atom stereocenters. The Morgan fingerprint density at radius 1 is 1.21 bits per heavy atom. The number of hydrogen-bond acceptors (Lipinski definition) is 5. The van der Waals surface area contributed by atoms with E-state index in [4.69, 9.17) is 21.1 Å². The fourth-order valence-corrected chi connectivity index (χ4v) is 4.71. The highest BCUT2D eigenvalue weighted by Gasteiger charge is 2.47. The van der Waals surface area contributed by atoms with Gasteiger partial charge in [-0.1, -0.05) is 49.7 Å². The second-order valence-corrected chi connectivity index (χ2v) is 9.16. The lowest BCUT2D eigenvalue weighted by Crippen LogP contribution is -2.36. The van der Waals surface area contributed by atoms with E-state index in [0.29, 0.717) is 35.4 Å². The predicted molar refractivity (Wildman–Crippen MR) is 127 cm³/mol. The number of hydrogen-bond donors (Lipinski definition) is 1. The molecule has 1 N–H and O–H groups in total. The van der Waals surface area contributed by atoms with Crippen molar-refractivity contribution >= 4 is 29.1 Å². The van der Waals surface area contributed by atoms with Crippen molar-refractivity contribution in [3.63, 3.8) is 0 Å². The first-order valence-corrected chi connectivity index (χ1v) is 11.5. The number of ketones is 1. The molecule has 2 heterocycles. The molecule has 33 heavy (non-hydrogen) atoms. The summed E-state index contributed by atoms with van der Waals surface area (Å²) >= 11 is 6.25. The molecule has 2 aliphatic heterocycles. The number of aliphatic hydroxyl groups excluding tert-OH is 1. The molecule has 2 aromatic carbocycles. The number of methoxy groups -OCH3 is 1. The first-order valence-electron chi connectivity index (χ1n) is 11.2. The highest BCUT2D eigenvalue weighted by molar-refractivity contribution is 6.46. The van der Waals surface area contributed by atoms with Crippen LogP contribution in [-0.4, -0.2) is 48.1 Å². The normalized spacial score (nSPS) is 22.4. The monoisotopic (exact) mass is 469 g/mol.